The number of carboxylic acids is 1. The monoisotopic (exact) mass is 308 g/mol. The quantitative estimate of drug-likeness (QED) is 0.642. The summed E-state index contributed by atoms with van der Waals surface area (Å²) in [6.07, 6.45) is 0.943. The van der Waals surface area contributed by atoms with Crippen molar-refractivity contribution in [2.24, 2.45) is 0 Å². The van der Waals surface area contributed by atoms with Crippen LogP contribution in [0, 0.1) is 0 Å². The van der Waals surface area contributed by atoms with Crippen molar-refractivity contribution in [2.45, 2.75) is 51.3 Å². The van der Waals surface area contributed by atoms with Gasteiger partial charge in [0.25, 0.3) is 0 Å². The van der Waals surface area contributed by atoms with Crippen LogP contribution in [0.1, 0.15) is 40.5 Å². The summed E-state index contributed by atoms with van der Waals surface area (Å²) in [5, 5.41) is 13.5. The van der Waals surface area contributed by atoms with E-state index in [-0.39, 0.29) is 12.3 Å². The van der Waals surface area contributed by atoms with Gasteiger partial charge in [-0.25, -0.2) is 18.0 Å². The number of rotatable bonds is 7. The van der Waals surface area contributed by atoms with Crippen molar-refractivity contribution in [1.29, 1.82) is 0 Å². The average Bonchev–Trinajstić information content (AvgIpc) is 2.26. The van der Waals surface area contributed by atoms with E-state index >= 15 is 0 Å². The van der Waals surface area contributed by atoms with Crippen LogP contribution in [0.4, 0.5) is 4.79 Å². The molecule has 1 atom stereocenters. The number of urea groups is 1. The smallest absolute Gasteiger partial charge is 0.326 e. The van der Waals surface area contributed by atoms with E-state index in [2.05, 4.69) is 10.6 Å². The molecular formula is C12H24N2O5S. The van der Waals surface area contributed by atoms with Crippen molar-refractivity contribution in [3.05, 3.63) is 0 Å². The van der Waals surface area contributed by atoms with Gasteiger partial charge in [0.05, 0.1) is 10.5 Å². The molecule has 118 valence electrons. The number of nitrogens with one attached hydrogen (secondary N) is 2. The predicted molar refractivity (Wildman–Crippen MR) is 76.4 cm³/mol. The maximum absolute atomic E-state index is 11.8. The topological polar surface area (TPSA) is 113 Å². The van der Waals surface area contributed by atoms with Crippen molar-refractivity contribution in [1.82, 2.24) is 10.6 Å². The summed E-state index contributed by atoms with van der Waals surface area (Å²) >= 11 is 0. The van der Waals surface area contributed by atoms with E-state index in [9.17, 15) is 18.0 Å². The Morgan fingerprint density at radius 3 is 2.20 bits per heavy atom. The molecule has 0 saturated carbocycles. The van der Waals surface area contributed by atoms with Gasteiger partial charge in [-0.2, -0.15) is 0 Å². The lowest BCUT2D eigenvalue weighted by Gasteiger charge is -2.19. The number of carbonyl (C=O) groups excluding carboxylic acids is 1. The molecule has 0 aliphatic heterocycles. The van der Waals surface area contributed by atoms with Crippen molar-refractivity contribution in [2.75, 3.05) is 12.3 Å². The van der Waals surface area contributed by atoms with Crippen molar-refractivity contribution < 1.29 is 23.1 Å². The first kappa shape index (κ1) is 18.7. The molecule has 0 aromatic rings. The Morgan fingerprint density at radius 1 is 1.25 bits per heavy atom. The highest BCUT2D eigenvalue weighted by molar-refractivity contribution is 7.92. The Hall–Kier alpha value is -1.31. The molecule has 0 saturated heterocycles. The van der Waals surface area contributed by atoms with Gasteiger partial charge in [-0.05, 0) is 27.2 Å². The molecule has 0 fully saturated rings. The fourth-order valence-electron chi connectivity index (χ4n) is 1.36. The Balaban J connectivity index is 4.28. The highest BCUT2D eigenvalue weighted by Gasteiger charge is 2.28. The summed E-state index contributed by atoms with van der Waals surface area (Å²) in [7, 11) is -3.31. The average molecular weight is 308 g/mol. The summed E-state index contributed by atoms with van der Waals surface area (Å²) in [6.45, 7) is 6.52. The lowest BCUT2D eigenvalue weighted by atomic mass is 10.2. The Kier molecular flexibility index (Phi) is 6.98. The molecule has 0 bridgehead atoms. The van der Waals surface area contributed by atoms with Crippen molar-refractivity contribution >= 4 is 21.8 Å². The minimum absolute atomic E-state index is 0.0517. The standard InChI is InChI=1S/C12H24N2O5S/c1-5-6-9(10(15)16)14-11(17)13-7-8-20(18,19)12(2,3)4/h9H,5-8H2,1-4H3,(H,15,16)(H2,13,14,17). The zero-order valence-electron chi connectivity index (χ0n) is 12.4. The van der Waals surface area contributed by atoms with Crippen LogP contribution in [0.2, 0.25) is 0 Å². The van der Waals surface area contributed by atoms with E-state index in [1.165, 1.54) is 0 Å². The predicted octanol–water partition coefficient (Wildman–Crippen LogP) is 0.752. The first-order valence-electron chi connectivity index (χ1n) is 6.50. The van der Waals surface area contributed by atoms with E-state index in [1.54, 1.807) is 20.8 Å². The molecule has 0 aliphatic rings. The van der Waals surface area contributed by atoms with Crippen LogP contribution < -0.4 is 10.6 Å². The van der Waals surface area contributed by atoms with Gasteiger partial charge < -0.3 is 15.7 Å². The largest absolute Gasteiger partial charge is 0.480 e. The Labute approximate surface area is 120 Å². The number of carboxylic acid groups (broad SMARTS) is 1. The first-order valence-corrected chi connectivity index (χ1v) is 8.16. The minimum Gasteiger partial charge on any atom is -0.480 e. The molecular weight excluding hydrogens is 284 g/mol. The van der Waals surface area contributed by atoms with E-state index < -0.39 is 32.6 Å². The normalized spacial score (nSPS) is 13.6. The maximum Gasteiger partial charge on any atom is 0.326 e. The van der Waals surface area contributed by atoms with Gasteiger partial charge in [-0.1, -0.05) is 13.3 Å². The third kappa shape index (κ3) is 6.23. The number of carbonyl (C=O) groups is 2. The summed E-state index contributed by atoms with van der Waals surface area (Å²) in [6, 6.07) is -1.63. The van der Waals surface area contributed by atoms with Crippen LogP contribution in [0.15, 0.2) is 0 Å². The summed E-state index contributed by atoms with van der Waals surface area (Å²) in [5.74, 6) is -1.29. The second-order valence-electron chi connectivity index (χ2n) is 5.51. The minimum atomic E-state index is -3.31. The van der Waals surface area contributed by atoms with Gasteiger partial charge in [0.15, 0.2) is 9.84 Å². The third-order valence-corrected chi connectivity index (χ3v) is 5.38. The molecule has 0 heterocycles. The van der Waals surface area contributed by atoms with Gasteiger partial charge in [-0.15, -0.1) is 0 Å². The van der Waals surface area contributed by atoms with Gasteiger partial charge in [-0.3, -0.25) is 0 Å². The molecule has 0 rings (SSSR count). The summed E-state index contributed by atoms with van der Waals surface area (Å²) in [5.41, 5.74) is 0. The van der Waals surface area contributed by atoms with E-state index in [1.807, 2.05) is 6.92 Å². The molecule has 1 unspecified atom stereocenters. The van der Waals surface area contributed by atoms with E-state index in [4.69, 9.17) is 5.11 Å². The number of hydrogen-bond donors (Lipinski definition) is 3. The number of amides is 2. The Bertz CT molecular complexity index is 439. The second kappa shape index (κ2) is 7.47. The van der Waals surface area contributed by atoms with E-state index in [0.717, 1.165) is 0 Å². The van der Waals surface area contributed by atoms with Crippen molar-refractivity contribution in [3.63, 3.8) is 0 Å². The van der Waals surface area contributed by atoms with Crippen LogP contribution in [0.3, 0.4) is 0 Å². The molecule has 0 radical (unpaired) electrons. The molecule has 0 aromatic heterocycles. The molecule has 0 aromatic carbocycles. The zero-order valence-corrected chi connectivity index (χ0v) is 13.2. The molecule has 7 nitrogen and oxygen atoms in total. The summed E-state index contributed by atoms with van der Waals surface area (Å²) < 4.78 is 22.7. The fourth-order valence-corrected chi connectivity index (χ4v) is 2.34. The molecule has 20 heavy (non-hydrogen) atoms. The lowest BCUT2D eigenvalue weighted by molar-refractivity contribution is -0.139. The van der Waals surface area contributed by atoms with Gasteiger partial charge >= 0.3 is 12.0 Å². The Morgan fingerprint density at radius 2 is 1.80 bits per heavy atom. The second-order valence-corrected chi connectivity index (χ2v) is 8.37. The van der Waals surface area contributed by atoms with Crippen LogP contribution in [-0.4, -0.2) is 48.6 Å². The molecule has 0 spiro atoms. The van der Waals surface area contributed by atoms with Gasteiger partial charge in [0.2, 0.25) is 0 Å². The molecule has 0 aliphatic carbocycles. The number of aliphatic carboxylic acids is 1. The van der Waals surface area contributed by atoms with Crippen LogP contribution in [0.5, 0.6) is 0 Å². The van der Waals surface area contributed by atoms with Crippen LogP contribution >= 0.6 is 0 Å². The molecule has 2 amide bonds. The SMILES string of the molecule is CCCC(NC(=O)NCCS(=O)(=O)C(C)(C)C)C(=O)O. The van der Waals surface area contributed by atoms with E-state index in [0.29, 0.717) is 12.8 Å². The van der Waals surface area contributed by atoms with Crippen molar-refractivity contribution in [3.8, 4) is 0 Å². The zero-order chi connectivity index (χ0) is 16.0. The van der Waals surface area contributed by atoms with Crippen LogP contribution in [-0.2, 0) is 14.6 Å². The lowest BCUT2D eigenvalue weighted by Crippen LogP contribution is -2.47. The number of sulfone groups is 1. The fraction of sp³-hybridized carbons (Fsp3) is 0.833. The molecule has 3 N–H and O–H groups in total. The van der Waals surface area contributed by atoms with Gasteiger partial charge in [0, 0.05) is 6.54 Å². The highest BCUT2D eigenvalue weighted by atomic mass is 32.2. The maximum atomic E-state index is 11.8. The number of hydrogen-bond acceptors (Lipinski definition) is 4. The summed E-state index contributed by atoms with van der Waals surface area (Å²) in [4.78, 5) is 22.3. The van der Waals surface area contributed by atoms with Gasteiger partial charge in [0.1, 0.15) is 6.04 Å². The first-order chi connectivity index (χ1) is 9.01. The molecule has 8 heteroatoms. The third-order valence-electron chi connectivity index (χ3n) is 2.77. The highest BCUT2D eigenvalue weighted by Crippen LogP contribution is 2.15. The van der Waals surface area contributed by atoms with Crippen LogP contribution in [0.25, 0.3) is 0 Å².